The van der Waals surface area contributed by atoms with Crippen LogP contribution >= 0.6 is 0 Å². The van der Waals surface area contributed by atoms with Gasteiger partial charge >= 0.3 is 5.97 Å². The van der Waals surface area contributed by atoms with E-state index in [0.29, 0.717) is 5.57 Å². The van der Waals surface area contributed by atoms with Gasteiger partial charge in [0.25, 0.3) is 0 Å². The monoisotopic (exact) mass is 431 g/mol. The lowest BCUT2D eigenvalue weighted by Gasteiger charge is -2.37. The van der Waals surface area contributed by atoms with Crippen molar-refractivity contribution in [3.8, 4) is 0 Å². The predicted octanol–water partition coefficient (Wildman–Crippen LogP) is 1.53. The summed E-state index contributed by atoms with van der Waals surface area (Å²) in [6.45, 7) is 5.42. The first-order valence-corrected chi connectivity index (χ1v) is 10.7. The summed E-state index contributed by atoms with van der Waals surface area (Å²) in [7, 11) is 0. The van der Waals surface area contributed by atoms with Crippen LogP contribution in [-0.4, -0.2) is 53.2 Å². The van der Waals surface area contributed by atoms with Crippen LogP contribution in [0.15, 0.2) is 42.0 Å². The van der Waals surface area contributed by atoms with Crippen LogP contribution in [0, 0.1) is 0 Å². The molecular weight excluding hydrogens is 398 g/mol. The highest BCUT2D eigenvalue weighted by atomic mass is 16.5. The zero-order valence-electron chi connectivity index (χ0n) is 18.3. The van der Waals surface area contributed by atoms with Crippen LogP contribution in [0.25, 0.3) is 0 Å². The van der Waals surface area contributed by atoms with Crippen molar-refractivity contribution in [2.45, 2.75) is 76.8 Å². The van der Waals surface area contributed by atoms with E-state index in [4.69, 9.17) is 10.5 Å². The number of nitrogens with two attached hydrogens (primary N) is 1. The molecule has 2 amide bonds. The van der Waals surface area contributed by atoms with Crippen molar-refractivity contribution in [3.05, 3.63) is 47.5 Å². The summed E-state index contributed by atoms with van der Waals surface area (Å²) in [6.07, 6.45) is 2.98. The van der Waals surface area contributed by atoms with Gasteiger partial charge in [0, 0.05) is 25.0 Å². The molecular formula is C23H33N3O5. The standard InChI is InChI=1S/C23H33N3O5/c1-4-17(5-2)31-20-13-16(12-18(24)21(20)25-14(3)27)22(28)26-19(23(29)30)11-15-9-7-6-8-10-15/h6-10,13,17-21H,4-5,11-12,24H2,1-3H3,(H,25,27)(H,26,28)(H,29,30)/t18-,19+,20+,21+/m0/s1. The molecule has 0 saturated carbocycles. The minimum atomic E-state index is -1.11. The molecule has 0 saturated heterocycles. The molecule has 0 radical (unpaired) electrons. The molecule has 31 heavy (non-hydrogen) atoms. The number of benzene rings is 1. The Morgan fingerprint density at radius 3 is 2.39 bits per heavy atom. The first kappa shape index (κ1) is 24.6. The molecule has 8 heteroatoms. The summed E-state index contributed by atoms with van der Waals surface area (Å²) < 4.78 is 6.13. The van der Waals surface area contributed by atoms with E-state index in [2.05, 4.69) is 10.6 Å². The van der Waals surface area contributed by atoms with Gasteiger partial charge in [-0.25, -0.2) is 4.79 Å². The summed E-state index contributed by atoms with van der Waals surface area (Å²) in [5, 5.41) is 15.0. The van der Waals surface area contributed by atoms with E-state index in [1.807, 2.05) is 44.2 Å². The largest absolute Gasteiger partial charge is 0.480 e. The normalized spacial score (nSPS) is 21.8. The van der Waals surface area contributed by atoms with Gasteiger partial charge in [0.2, 0.25) is 11.8 Å². The number of rotatable bonds is 10. The third-order valence-corrected chi connectivity index (χ3v) is 5.44. The van der Waals surface area contributed by atoms with Gasteiger partial charge in [-0.05, 0) is 30.9 Å². The van der Waals surface area contributed by atoms with Crippen LogP contribution in [0.5, 0.6) is 0 Å². The highest BCUT2D eigenvalue weighted by Crippen LogP contribution is 2.23. The Hall–Kier alpha value is -2.71. The highest BCUT2D eigenvalue weighted by Gasteiger charge is 2.36. The number of nitrogens with one attached hydrogen (secondary N) is 2. The molecule has 0 aromatic heterocycles. The fourth-order valence-electron chi connectivity index (χ4n) is 3.71. The molecule has 0 spiro atoms. The number of carboxylic acids is 1. The maximum absolute atomic E-state index is 12.9. The fraction of sp³-hybridized carbons (Fsp3) is 0.522. The van der Waals surface area contributed by atoms with Gasteiger partial charge in [-0.3, -0.25) is 9.59 Å². The quantitative estimate of drug-likeness (QED) is 0.444. The van der Waals surface area contributed by atoms with Crippen LogP contribution in [-0.2, 0) is 25.5 Å². The lowest BCUT2D eigenvalue weighted by atomic mass is 9.87. The van der Waals surface area contributed by atoms with E-state index in [1.165, 1.54) is 6.92 Å². The van der Waals surface area contributed by atoms with Gasteiger partial charge in [-0.15, -0.1) is 0 Å². The van der Waals surface area contributed by atoms with Gasteiger partial charge in [0.1, 0.15) is 6.04 Å². The topological polar surface area (TPSA) is 131 Å². The second-order valence-electron chi connectivity index (χ2n) is 7.88. The first-order chi connectivity index (χ1) is 14.7. The predicted molar refractivity (Wildman–Crippen MR) is 117 cm³/mol. The Balaban J connectivity index is 2.20. The van der Waals surface area contributed by atoms with Crippen LogP contribution in [0.1, 0.15) is 45.6 Å². The molecule has 1 aliphatic carbocycles. The number of carbonyl (C=O) groups excluding carboxylic acids is 2. The Morgan fingerprint density at radius 2 is 1.84 bits per heavy atom. The molecule has 0 heterocycles. The molecule has 2 rings (SSSR count). The molecule has 1 aliphatic rings. The van der Waals surface area contributed by atoms with Crippen molar-refractivity contribution in [3.63, 3.8) is 0 Å². The van der Waals surface area contributed by atoms with Gasteiger partial charge in [0.15, 0.2) is 0 Å². The molecule has 0 bridgehead atoms. The number of amides is 2. The van der Waals surface area contributed by atoms with Gasteiger partial charge in [0.05, 0.1) is 18.2 Å². The molecule has 1 aromatic carbocycles. The Labute approximate surface area is 183 Å². The molecule has 4 atom stereocenters. The van der Waals surface area contributed by atoms with Gasteiger partial charge < -0.3 is 26.2 Å². The second kappa shape index (κ2) is 11.6. The molecule has 0 fully saturated rings. The average Bonchev–Trinajstić information content (AvgIpc) is 2.73. The summed E-state index contributed by atoms with van der Waals surface area (Å²) >= 11 is 0. The van der Waals surface area contributed by atoms with Crippen LogP contribution in [0.2, 0.25) is 0 Å². The maximum Gasteiger partial charge on any atom is 0.326 e. The Bertz CT molecular complexity index is 792. The van der Waals surface area contributed by atoms with E-state index in [1.54, 1.807) is 6.08 Å². The Kier molecular flexibility index (Phi) is 9.21. The Morgan fingerprint density at radius 1 is 1.19 bits per heavy atom. The number of hydrogen-bond acceptors (Lipinski definition) is 5. The number of ether oxygens (including phenoxy) is 1. The van der Waals surface area contributed by atoms with Crippen molar-refractivity contribution in [1.29, 1.82) is 0 Å². The third kappa shape index (κ3) is 7.18. The van der Waals surface area contributed by atoms with Crippen LogP contribution in [0.4, 0.5) is 0 Å². The van der Waals surface area contributed by atoms with Gasteiger partial charge in [-0.1, -0.05) is 44.2 Å². The fourth-order valence-corrected chi connectivity index (χ4v) is 3.71. The second-order valence-corrected chi connectivity index (χ2v) is 7.88. The van der Waals surface area contributed by atoms with E-state index in [9.17, 15) is 19.5 Å². The zero-order valence-corrected chi connectivity index (χ0v) is 18.3. The highest BCUT2D eigenvalue weighted by molar-refractivity contribution is 5.96. The summed E-state index contributed by atoms with van der Waals surface area (Å²) in [5.74, 6) is -1.83. The number of hydrogen-bond donors (Lipinski definition) is 4. The van der Waals surface area contributed by atoms with Gasteiger partial charge in [-0.2, -0.15) is 0 Å². The van der Waals surface area contributed by atoms with Crippen molar-refractivity contribution < 1.29 is 24.2 Å². The van der Waals surface area contributed by atoms with Crippen molar-refractivity contribution in [2.24, 2.45) is 5.73 Å². The van der Waals surface area contributed by atoms with E-state index in [-0.39, 0.29) is 24.9 Å². The molecule has 0 aliphatic heterocycles. The number of aliphatic carboxylic acids is 1. The molecule has 170 valence electrons. The summed E-state index contributed by atoms with van der Waals surface area (Å²) in [6, 6.07) is 7.04. The molecule has 8 nitrogen and oxygen atoms in total. The molecule has 5 N–H and O–H groups in total. The molecule has 0 unspecified atom stereocenters. The van der Waals surface area contributed by atoms with E-state index >= 15 is 0 Å². The van der Waals surface area contributed by atoms with Crippen molar-refractivity contribution in [2.75, 3.05) is 0 Å². The van der Waals surface area contributed by atoms with E-state index in [0.717, 1.165) is 18.4 Å². The number of carboxylic acid groups (broad SMARTS) is 1. The zero-order chi connectivity index (χ0) is 23.0. The first-order valence-electron chi connectivity index (χ1n) is 10.7. The minimum absolute atomic E-state index is 0.0445. The maximum atomic E-state index is 12.9. The van der Waals surface area contributed by atoms with E-state index < -0.39 is 36.1 Å². The van der Waals surface area contributed by atoms with Crippen molar-refractivity contribution in [1.82, 2.24) is 10.6 Å². The average molecular weight is 432 g/mol. The lowest BCUT2D eigenvalue weighted by molar-refractivity contribution is -0.141. The SMILES string of the molecule is CCC(CC)O[C@@H]1C=C(C(=O)N[C@H](Cc2ccccc2)C(=O)O)C[C@H](N)[C@H]1NC(C)=O. The third-order valence-electron chi connectivity index (χ3n) is 5.44. The summed E-state index contributed by atoms with van der Waals surface area (Å²) in [5.41, 5.74) is 7.46. The van der Waals surface area contributed by atoms with Crippen molar-refractivity contribution >= 4 is 17.8 Å². The lowest BCUT2D eigenvalue weighted by Crippen LogP contribution is -2.57. The van der Waals surface area contributed by atoms with Crippen LogP contribution < -0.4 is 16.4 Å². The molecule has 1 aromatic rings. The number of carbonyl (C=O) groups is 3. The summed E-state index contributed by atoms with van der Waals surface area (Å²) in [4.78, 5) is 36.3. The van der Waals surface area contributed by atoms with Crippen LogP contribution in [0.3, 0.4) is 0 Å². The minimum Gasteiger partial charge on any atom is -0.480 e. The smallest absolute Gasteiger partial charge is 0.326 e.